The van der Waals surface area contributed by atoms with E-state index < -0.39 is 0 Å². The lowest BCUT2D eigenvalue weighted by Gasteiger charge is -2.13. The molecule has 0 saturated carbocycles. The van der Waals surface area contributed by atoms with Crippen LogP contribution >= 0.6 is 0 Å². The highest BCUT2D eigenvalue weighted by Gasteiger charge is 2.17. The van der Waals surface area contributed by atoms with Gasteiger partial charge in [0.2, 0.25) is 0 Å². The van der Waals surface area contributed by atoms with E-state index in [2.05, 4.69) is 40.0 Å². The molecule has 0 unspecified atom stereocenters. The summed E-state index contributed by atoms with van der Waals surface area (Å²) in [7, 11) is 0. The summed E-state index contributed by atoms with van der Waals surface area (Å²) in [6.45, 7) is 0.973. The van der Waals surface area contributed by atoms with Crippen molar-refractivity contribution in [3.8, 4) is 0 Å². The Morgan fingerprint density at radius 2 is 2.42 bits per heavy atom. The average Bonchev–Trinajstić information content (AvgIpc) is 2.71. The molecule has 0 aliphatic carbocycles. The van der Waals surface area contributed by atoms with Crippen molar-refractivity contribution in [3.05, 3.63) is 47.9 Å². The lowest BCUT2D eigenvalue weighted by molar-refractivity contribution is 0.810. The maximum Gasteiger partial charge on any atom is 0.0936 e. The van der Waals surface area contributed by atoms with Gasteiger partial charge in [-0.1, -0.05) is 6.08 Å². The summed E-state index contributed by atoms with van der Waals surface area (Å²) in [6.07, 6.45) is 8.22. The number of aromatic nitrogens is 1. The fourth-order valence-electron chi connectivity index (χ4n) is 1.71. The van der Waals surface area contributed by atoms with Gasteiger partial charge in [0.05, 0.1) is 11.4 Å². The Morgan fingerprint density at radius 1 is 1.42 bits per heavy atom. The number of nitrogens with zero attached hydrogens (tertiary/aromatic N) is 2. The van der Waals surface area contributed by atoms with Crippen molar-refractivity contribution in [2.45, 2.75) is 6.54 Å². The topological polar surface area (TPSA) is 17.3 Å². The Morgan fingerprint density at radius 3 is 3.42 bits per heavy atom. The highest BCUT2D eigenvalue weighted by atomic mass is 15.0. The van der Waals surface area contributed by atoms with Gasteiger partial charge in [-0.05, 0) is 18.2 Å². The molecule has 3 heterocycles. The van der Waals surface area contributed by atoms with E-state index in [-0.39, 0.29) is 0 Å². The maximum atomic E-state index is 4.32. The van der Waals surface area contributed by atoms with Gasteiger partial charge in [-0.15, -0.1) is 0 Å². The molecule has 0 spiro atoms. The molecule has 0 fully saturated rings. The first-order chi connectivity index (χ1) is 5.95. The summed E-state index contributed by atoms with van der Waals surface area (Å²) in [5.41, 5.74) is 3.62. The molecule has 2 heteroatoms. The second kappa shape index (κ2) is 1.97. The second-order valence-electron chi connectivity index (χ2n) is 3.00. The van der Waals surface area contributed by atoms with E-state index in [1.54, 1.807) is 0 Å². The standard InChI is InChI=1S/C10H8N2/c1-2-9-10-8(3-5-11-10)4-7-12(9)6-1/h1-6H,7H2. The van der Waals surface area contributed by atoms with Crippen LogP contribution in [0.25, 0.3) is 0 Å². The highest BCUT2D eigenvalue weighted by molar-refractivity contribution is 6.15. The number of rotatable bonds is 0. The fourth-order valence-corrected chi connectivity index (χ4v) is 1.71. The van der Waals surface area contributed by atoms with Crippen LogP contribution in [0.4, 0.5) is 0 Å². The molecule has 0 amide bonds. The van der Waals surface area contributed by atoms with E-state index in [1.807, 2.05) is 6.20 Å². The number of allylic oxidation sites excluding steroid dienone is 3. The zero-order chi connectivity index (χ0) is 7.97. The van der Waals surface area contributed by atoms with Crippen LogP contribution in [-0.2, 0) is 6.54 Å². The monoisotopic (exact) mass is 156 g/mol. The van der Waals surface area contributed by atoms with Gasteiger partial charge in [0, 0.05) is 24.5 Å². The molecule has 1 aromatic heterocycles. The van der Waals surface area contributed by atoms with Gasteiger partial charge >= 0.3 is 0 Å². The third-order valence-electron chi connectivity index (χ3n) is 2.31. The summed E-state index contributed by atoms with van der Waals surface area (Å²) >= 11 is 0. The predicted octanol–water partition coefficient (Wildman–Crippen LogP) is 1.74. The molecule has 3 rings (SSSR count). The molecule has 0 saturated heterocycles. The van der Waals surface area contributed by atoms with E-state index >= 15 is 0 Å². The van der Waals surface area contributed by atoms with Crippen LogP contribution in [0.3, 0.4) is 0 Å². The number of aliphatic imine (C=N–C) groups is 1. The Balaban J connectivity index is 2.26. The van der Waals surface area contributed by atoms with E-state index in [1.165, 1.54) is 11.3 Å². The van der Waals surface area contributed by atoms with Crippen LogP contribution in [0, 0.1) is 0 Å². The molecule has 0 aromatic carbocycles. The largest absolute Gasteiger partial charge is 0.342 e. The first-order valence-corrected chi connectivity index (χ1v) is 4.05. The van der Waals surface area contributed by atoms with Crippen molar-refractivity contribution in [1.82, 2.24) is 4.57 Å². The summed E-state index contributed by atoms with van der Waals surface area (Å²) in [5.74, 6) is 0. The van der Waals surface area contributed by atoms with Gasteiger partial charge in [0.1, 0.15) is 0 Å². The minimum absolute atomic E-state index is 0.973. The van der Waals surface area contributed by atoms with Crippen LogP contribution < -0.4 is 0 Å². The summed E-state index contributed by atoms with van der Waals surface area (Å²) in [6, 6.07) is 4.17. The zero-order valence-electron chi connectivity index (χ0n) is 6.57. The smallest absolute Gasteiger partial charge is 0.0936 e. The van der Waals surface area contributed by atoms with Gasteiger partial charge in [0.25, 0.3) is 0 Å². The minimum Gasteiger partial charge on any atom is -0.342 e. The van der Waals surface area contributed by atoms with Crippen LogP contribution in [0.2, 0.25) is 0 Å². The van der Waals surface area contributed by atoms with Crippen LogP contribution in [0.5, 0.6) is 0 Å². The lowest BCUT2D eigenvalue weighted by atomic mass is 10.1. The molecule has 0 atom stereocenters. The Bertz CT molecular complexity index is 419. The first-order valence-electron chi connectivity index (χ1n) is 4.05. The van der Waals surface area contributed by atoms with E-state index in [0.29, 0.717) is 0 Å². The lowest BCUT2D eigenvalue weighted by Crippen LogP contribution is -2.14. The van der Waals surface area contributed by atoms with Crippen molar-refractivity contribution in [2.75, 3.05) is 0 Å². The minimum atomic E-state index is 0.973. The van der Waals surface area contributed by atoms with Gasteiger partial charge in [0.15, 0.2) is 0 Å². The molecule has 2 nitrogen and oxygen atoms in total. The van der Waals surface area contributed by atoms with Gasteiger partial charge < -0.3 is 4.57 Å². The third kappa shape index (κ3) is 0.619. The maximum absolute atomic E-state index is 4.32. The van der Waals surface area contributed by atoms with Crippen molar-refractivity contribution < 1.29 is 0 Å². The van der Waals surface area contributed by atoms with E-state index in [0.717, 1.165) is 12.3 Å². The second-order valence-corrected chi connectivity index (χ2v) is 3.00. The Labute approximate surface area is 70.5 Å². The zero-order valence-corrected chi connectivity index (χ0v) is 6.57. The normalized spacial score (nSPS) is 18.3. The molecular formula is C10H8N2. The molecule has 0 bridgehead atoms. The van der Waals surface area contributed by atoms with Crippen LogP contribution in [-0.4, -0.2) is 10.3 Å². The summed E-state index contributed by atoms with van der Waals surface area (Å²) in [4.78, 5) is 4.32. The fraction of sp³-hybridized carbons (Fsp3) is 0.100. The van der Waals surface area contributed by atoms with Gasteiger partial charge in [-0.2, -0.15) is 0 Å². The molecule has 2 aliphatic heterocycles. The number of hydrogen-bond donors (Lipinski definition) is 0. The third-order valence-corrected chi connectivity index (χ3v) is 2.31. The quantitative estimate of drug-likeness (QED) is 0.544. The predicted molar refractivity (Wildman–Crippen MR) is 48.2 cm³/mol. The van der Waals surface area contributed by atoms with Crippen molar-refractivity contribution in [1.29, 1.82) is 0 Å². The molecule has 1 aromatic rings. The summed E-state index contributed by atoms with van der Waals surface area (Å²) < 4.78 is 2.20. The van der Waals surface area contributed by atoms with Crippen molar-refractivity contribution in [2.24, 2.45) is 4.99 Å². The SMILES string of the molecule is C1=CC2=CCn3cccc3C2=N1. The van der Waals surface area contributed by atoms with Crippen molar-refractivity contribution >= 4 is 5.71 Å². The molecule has 0 radical (unpaired) electrons. The molecule has 0 N–H and O–H groups in total. The van der Waals surface area contributed by atoms with Gasteiger partial charge in [-0.3, -0.25) is 4.99 Å². The number of fused-ring (bicyclic) bond motifs is 3. The number of hydrogen-bond acceptors (Lipinski definition) is 1. The Hall–Kier alpha value is -1.57. The Kier molecular flexibility index (Phi) is 0.987. The molecule has 58 valence electrons. The van der Waals surface area contributed by atoms with Crippen LogP contribution in [0.15, 0.2) is 47.2 Å². The molecule has 12 heavy (non-hydrogen) atoms. The highest BCUT2D eigenvalue weighted by Crippen LogP contribution is 2.21. The van der Waals surface area contributed by atoms with Gasteiger partial charge in [-0.25, -0.2) is 0 Å². The van der Waals surface area contributed by atoms with E-state index in [4.69, 9.17) is 0 Å². The average molecular weight is 156 g/mol. The van der Waals surface area contributed by atoms with Crippen molar-refractivity contribution in [3.63, 3.8) is 0 Å². The summed E-state index contributed by atoms with van der Waals surface area (Å²) in [5, 5.41) is 0. The van der Waals surface area contributed by atoms with Crippen LogP contribution in [0.1, 0.15) is 5.69 Å². The molecule has 2 aliphatic rings. The van der Waals surface area contributed by atoms with E-state index in [9.17, 15) is 0 Å². The molecular weight excluding hydrogens is 148 g/mol. The first kappa shape index (κ1) is 6.00.